The minimum Gasteiger partial charge on any atom is -0.370 e. The van der Waals surface area contributed by atoms with Gasteiger partial charge in [0.25, 0.3) is 11.8 Å². The number of nitrogens with zero attached hydrogens (tertiary/aromatic N) is 2. The van der Waals surface area contributed by atoms with Crippen molar-refractivity contribution in [1.29, 1.82) is 0 Å². The highest BCUT2D eigenvalue weighted by atomic mass is 35.5. The Kier molecular flexibility index (Phi) is 7.82. The molecule has 1 saturated carbocycles. The van der Waals surface area contributed by atoms with Gasteiger partial charge in [-0.3, -0.25) is 19.3 Å². The highest BCUT2D eigenvalue weighted by molar-refractivity contribution is 7.18. The zero-order chi connectivity index (χ0) is 24.2. The molecule has 1 atom stereocenters. The van der Waals surface area contributed by atoms with Gasteiger partial charge >= 0.3 is 0 Å². The van der Waals surface area contributed by atoms with Crippen LogP contribution in [0.1, 0.15) is 29.4 Å². The molecule has 11 heteroatoms. The fourth-order valence-electron chi connectivity index (χ4n) is 4.01. The minimum absolute atomic E-state index is 0.0863. The van der Waals surface area contributed by atoms with Crippen molar-refractivity contribution in [2.45, 2.75) is 31.8 Å². The van der Waals surface area contributed by atoms with Crippen LogP contribution in [0.2, 0.25) is 4.34 Å². The van der Waals surface area contributed by atoms with Gasteiger partial charge in [-0.25, -0.2) is 4.39 Å². The molecule has 0 radical (unpaired) electrons. The molecule has 1 saturated heterocycles. The van der Waals surface area contributed by atoms with E-state index in [4.69, 9.17) is 16.3 Å². The zero-order valence-corrected chi connectivity index (χ0v) is 20.3. The maximum Gasteiger partial charge on any atom is 0.261 e. The number of carbonyl (C=O) groups is 3. The predicted molar refractivity (Wildman–Crippen MR) is 129 cm³/mol. The van der Waals surface area contributed by atoms with Crippen LogP contribution in [0, 0.1) is 5.82 Å². The van der Waals surface area contributed by atoms with Crippen LogP contribution in [0.15, 0.2) is 30.3 Å². The molecule has 1 aliphatic carbocycles. The molecule has 182 valence electrons. The molecule has 34 heavy (non-hydrogen) atoms. The third-order valence-electron chi connectivity index (χ3n) is 5.83. The molecule has 8 nitrogen and oxygen atoms in total. The largest absolute Gasteiger partial charge is 0.370 e. The lowest BCUT2D eigenvalue weighted by atomic mass is 10.2. The molecule has 1 aliphatic heterocycles. The summed E-state index contributed by atoms with van der Waals surface area (Å²) < 4.78 is 20.4. The number of benzene rings is 1. The maximum atomic E-state index is 14.8. The fourth-order valence-corrected chi connectivity index (χ4v) is 4.97. The first-order valence-electron chi connectivity index (χ1n) is 11.1. The molecular formula is C23H26ClFN4O4S. The van der Waals surface area contributed by atoms with Crippen molar-refractivity contribution in [1.82, 2.24) is 10.2 Å². The SMILES string of the molecule is CCN(C1CC1)[C@@H](CNC(=O)c1ccc(Cl)s1)C(=O)Nc1ccc(N2CCOCC2=O)c(F)c1. The van der Waals surface area contributed by atoms with Crippen LogP contribution in [-0.4, -0.2) is 67.6 Å². The molecule has 2 aromatic rings. The summed E-state index contributed by atoms with van der Waals surface area (Å²) in [5.74, 6) is -1.56. The van der Waals surface area contributed by atoms with Gasteiger partial charge in [-0.2, -0.15) is 0 Å². The van der Waals surface area contributed by atoms with Gasteiger partial charge < -0.3 is 20.3 Å². The number of hydrogen-bond donors (Lipinski definition) is 2. The fraction of sp³-hybridized carbons (Fsp3) is 0.435. The van der Waals surface area contributed by atoms with E-state index in [0.717, 1.165) is 12.8 Å². The number of morpholine rings is 1. The van der Waals surface area contributed by atoms with Crippen LogP contribution in [0.3, 0.4) is 0 Å². The second kappa shape index (κ2) is 10.8. The number of ether oxygens (including phenoxy) is 1. The Morgan fingerprint density at radius 1 is 1.32 bits per heavy atom. The van der Waals surface area contributed by atoms with Crippen molar-refractivity contribution in [3.05, 3.63) is 45.4 Å². The molecular weight excluding hydrogens is 483 g/mol. The smallest absolute Gasteiger partial charge is 0.261 e. The highest BCUT2D eigenvalue weighted by Gasteiger charge is 2.36. The molecule has 1 aromatic carbocycles. The van der Waals surface area contributed by atoms with E-state index in [9.17, 15) is 18.8 Å². The number of nitrogens with one attached hydrogen (secondary N) is 2. The van der Waals surface area contributed by atoms with Crippen molar-refractivity contribution in [3.8, 4) is 0 Å². The predicted octanol–water partition coefficient (Wildman–Crippen LogP) is 3.13. The number of hydrogen-bond acceptors (Lipinski definition) is 6. The summed E-state index contributed by atoms with van der Waals surface area (Å²) in [6.45, 7) is 3.22. The van der Waals surface area contributed by atoms with E-state index in [1.54, 1.807) is 18.2 Å². The van der Waals surface area contributed by atoms with Crippen LogP contribution < -0.4 is 15.5 Å². The number of thiophene rings is 1. The molecule has 0 bridgehead atoms. The van der Waals surface area contributed by atoms with Crippen LogP contribution in [0.5, 0.6) is 0 Å². The van der Waals surface area contributed by atoms with E-state index < -0.39 is 11.9 Å². The maximum absolute atomic E-state index is 14.8. The highest BCUT2D eigenvalue weighted by Crippen LogP contribution is 2.29. The Morgan fingerprint density at radius 2 is 2.12 bits per heavy atom. The number of halogens is 2. The summed E-state index contributed by atoms with van der Waals surface area (Å²) in [4.78, 5) is 41.6. The number of rotatable bonds is 9. The Labute approximate surface area is 206 Å². The lowest BCUT2D eigenvalue weighted by Gasteiger charge is -2.30. The number of anilines is 2. The molecule has 3 amide bonds. The van der Waals surface area contributed by atoms with Crippen molar-refractivity contribution in [2.24, 2.45) is 0 Å². The Morgan fingerprint density at radius 3 is 2.74 bits per heavy atom. The lowest BCUT2D eigenvalue weighted by Crippen LogP contribution is -2.51. The first-order valence-corrected chi connectivity index (χ1v) is 12.3. The molecule has 2 heterocycles. The van der Waals surface area contributed by atoms with Gasteiger partial charge in [0.05, 0.1) is 21.5 Å². The second-order valence-electron chi connectivity index (χ2n) is 8.14. The van der Waals surface area contributed by atoms with Gasteiger partial charge in [0.15, 0.2) is 0 Å². The summed E-state index contributed by atoms with van der Waals surface area (Å²) in [6.07, 6.45) is 1.98. The Hall–Kier alpha value is -2.53. The zero-order valence-electron chi connectivity index (χ0n) is 18.7. The van der Waals surface area contributed by atoms with Crippen molar-refractivity contribution in [2.75, 3.05) is 43.1 Å². The molecule has 2 N–H and O–H groups in total. The Balaban J connectivity index is 1.46. The van der Waals surface area contributed by atoms with Gasteiger partial charge in [-0.1, -0.05) is 18.5 Å². The topological polar surface area (TPSA) is 91.0 Å². The van der Waals surface area contributed by atoms with Crippen LogP contribution >= 0.6 is 22.9 Å². The molecule has 2 aliphatic rings. The minimum atomic E-state index is -0.625. The quantitative estimate of drug-likeness (QED) is 0.543. The van der Waals surface area contributed by atoms with E-state index in [0.29, 0.717) is 22.4 Å². The molecule has 0 unspecified atom stereocenters. The monoisotopic (exact) mass is 508 g/mol. The second-order valence-corrected chi connectivity index (χ2v) is 9.86. The van der Waals surface area contributed by atoms with Crippen molar-refractivity contribution < 1.29 is 23.5 Å². The standard InChI is InChI=1S/C23H26ClFN4O4S/c1-2-28(15-4-5-15)18(12-26-23(32)19-7-8-20(24)34-19)22(31)27-14-3-6-17(16(25)11-14)29-9-10-33-13-21(29)30/h3,6-8,11,15,18H,2,4-5,9-10,12-13H2,1H3,(H,26,32)(H,27,31)/t18-/m0/s1. The van der Waals surface area contributed by atoms with Gasteiger partial charge in [-0.15, -0.1) is 11.3 Å². The summed E-state index contributed by atoms with van der Waals surface area (Å²) in [6, 6.07) is 7.18. The number of carbonyl (C=O) groups excluding carboxylic acids is 3. The van der Waals surface area contributed by atoms with E-state index in [-0.39, 0.29) is 54.8 Å². The van der Waals surface area contributed by atoms with Crippen LogP contribution in [-0.2, 0) is 14.3 Å². The van der Waals surface area contributed by atoms with Gasteiger partial charge in [0, 0.05) is 24.8 Å². The number of amides is 3. The summed E-state index contributed by atoms with van der Waals surface area (Å²) in [7, 11) is 0. The lowest BCUT2D eigenvalue weighted by molar-refractivity contribution is -0.125. The van der Waals surface area contributed by atoms with Gasteiger partial charge in [0.1, 0.15) is 18.5 Å². The van der Waals surface area contributed by atoms with E-state index in [2.05, 4.69) is 10.6 Å². The first-order chi connectivity index (χ1) is 16.4. The van der Waals surface area contributed by atoms with E-state index in [1.807, 2.05) is 11.8 Å². The summed E-state index contributed by atoms with van der Waals surface area (Å²) in [5, 5.41) is 5.60. The summed E-state index contributed by atoms with van der Waals surface area (Å²) in [5.41, 5.74) is 0.429. The van der Waals surface area contributed by atoms with Gasteiger partial charge in [-0.05, 0) is 49.7 Å². The molecule has 1 aromatic heterocycles. The molecule has 4 rings (SSSR count). The van der Waals surface area contributed by atoms with Crippen LogP contribution in [0.4, 0.5) is 15.8 Å². The van der Waals surface area contributed by atoms with E-state index in [1.165, 1.54) is 28.4 Å². The van der Waals surface area contributed by atoms with Crippen molar-refractivity contribution in [3.63, 3.8) is 0 Å². The third kappa shape index (κ3) is 5.75. The third-order valence-corrected chi connectivity index (χ3v) is 7.06. The summed E-state index contributed by atoms with van der Waals surface area (Å²) >= 11 is 7.09. The normalized spacial score (nSPS) is 17.1. The Bertz CT molecular complexity index is 1080. The molecule has 0 spiro atoms. The van der Waals surface area contributed by atoms with Gasteiger partial charge in [0.2, 0.25) is 5.91 Å². The van der Waals surface area contributed by atoms with Crippen LogP contribution in [0.25, 0.3) is 0 Å². The molecule has 2 fully saturated rings. The first kappa shape index (κ1) is 24.6. The average molecular weight is 509 g/mol. The van der Waals surface area contributed by atoms with Crippen molar-refractivity contribution >= 4 is 52.0 Å². The van der Waals surface area contributed by atoms with E-state index >= 15 is 0 Å². The number of likely N-dealkylation sites (N-methyl/N-ethyl adjacent to an activating group) is 1. The average Bonchev–Trinajstić information content (AvgIpc) is 3.56.